The van der Waals surface area contributed by atoms with Crippen molar-refractivity contribution in [2.24, 2.45) is 11.8 Å². The molecule has 6 nitrogen and oxygen atoms in total. The Bertz CT molecular complexity index is 1420. The van der Waals surface area contributed by atoms with Crippen molar-refractivity contribution in [2.75, 3.05) is 6.61 Å². The average molecular weight is 552 g/mol. The number of benzene rings is 3. The molecule has 3 atom stereocenters. The number of carbonyl (C=O) groups is 4. The van der Waals surface area contributed by atoms with Crippen LogP contribution in [0.4, 0.5) is 4.39 Å². The molecule has 0 N–H and O–H groups in total. The highest BCUT2D eigenvalue weighted by Crippen LogP contribution is 2.69. The molecule has 192 valence electrons. The zero-order valence-corrected chi connectivity index (χ0v) is 21.5. The molecule has 1 fully saturated rings. The number of rotatable bonds is 5. The fourth-order valence-corrected chi connectivity index (χ4v) is 7.25. The zero-order chi connectivity index (χ0) is 27.0. The fourth-order valence-electron chi connectivity index (χ4n) is 6.15. The standard InChI is InChI=1S/C29H20Cl2FNO5/c1-15(27(37)38-14-22(34)16-10-12-17(32)13-11-16)33-25(35)23-24(26(33)36)29(31)19-7-3-2-6-18(19)28(23,30)20-8-4-5-9-21(20)29/h2-13,15,23-24H,14H2,1H3/t15-,23-,24+,28?,29?/m0/s1. The molecule has 0 saturated carbocycles. The molecule has 3 aromatic rings. The fraction of sp³-hybridized carbons (Fsp3) is 0.241. The molecule has 4 aliphatic rings. The Morgan fingerprint density at radius 3 is 1.68 bits per heavy atom. The highest BCUT2D eigenvalue weighted by Gasteiger charge is 2.73. The van der Waals surface area contributed by atoms with Gasteiger partial charge >= 0.3 is 5.97 Å². The maximum absolute atomic E-state index is 13.9. The maximum atomic E-state index is 13.9. The van der Waals surface area contributed by atoms with E-state index < -0.39 is 63.6 Å². The van der Waals surface area contributed by atoms with Crippen LogP contribution in [-0.4, -0.2) is 41.1 Å². The van der Waals surface area contributed by atoms with Crippen molar-refractivity contribution in [1.29, 1.82) is 0 Å². The van der Waals surface area contributed by atoms with E-state index in [4.69, 9.17) is 27.9 Å². The van der Waals surface area contributed by atoms with E-state index in [0.717, 1.165) is 17.0 Å². The van der Waals surface area contributed by atoms with Crippen LogP contribution in [0.2, 0.25) is 0 Å². The molecule has 1 saturated heterocycles. The molecule has 2 bridgehead atoms. The number of hydrogen-bond acceptors (Lipinski definition) is 5. The molecule has 9 heteroatoms. The average Bonchev–Trinajstić information content (AvgIpc) is 3.21. The van der Waals surface area contributed by atoms with E-state index in [0.29, 0.717) is 22.3 Å². The molecule has 0 radical (unpaired) electrons. The first kappa shape index (κ1) is 24.8. The highest BCUT2D eigenvalue weighted by molar-refractivity contribution is 6.36. The summed E-state index contributed by atoms with van der Waals surface area (Å²) in [4.78, 5) is 51.3. The molecule has 3 aromatic carbocycles. The predicted molar refractivity (Wildman–Crippen MR) is 136 cm³/mol. The van der Waals surface area contributed by atoms with Crippen LogP contribution in [-0.2, 0) is 28.9 Å². The van der Waals surface area contributed by atoms with Crippen molar-refractivity contribution in [3.05, 3.63) is 106 Å². The van der Waals surface area contributed by atoms with Crippen LogP contribution < -0.4 is 0 Å². The molecule has 1 aliphatic heterocycles. The smallest absolute Gasteiger partial charge is 0.329 e. The van der Waals surface area contributed by atoms with Crippen LogP contribution in [0.3, 0.4) is 0 Å². The molecular formula is C29H20Cl2FNO5. The van der Waals surface area contributed by atoms with Crippen molar-refractivity contribution in [3.63, 3.8) is 0 Å². The first-order chi connectivity index (χ1) is 18.1. The summed E-state index contributed by atoms with van der Waals surface area (Å²) < 4.78 is 18.3. The molecule has 38 heavy (non-hydrogen) atoms. The summed E-state index contributed by atoms with van der Waals surface area (Å²) in [5, 5.41) is 0. The van der Waals surface area contributed by atoms with Gasteiger partial charge in [0.25, 0.3) is 0 Å². The van der Waals surface area contributed by atoms with Gasteiger partial charge in [-0.3, -0.25) is 19.3 Å². The van der Waals surface area contributed by atoms with E-state index in [1.807, 2.05) is 24.3 Å². The van der Waals surface area contributed by atoms with Gasteiger partial charge in [0.1, 0.15) is 21.6 Å². The number of halogens is 3. The lowest BCUT2D eigenvalue weighted by Gasteiger charge is -2.54. The number of amides is 2. The first-order valence-corrected chi connectivity index (χ1v) is 12.8. The minimum absolute atomic E-state index is 0.159. The summed E-state index contributed by atoms with van der Waals surface area (Å²) in [6, 6.07) is 17.9. The van der Waals surface area contributed by atoms with E-state index >= 15 is 0 Å². The number of esters is 1. The van der Waals surface area contributed by atoms with Crippen LogP contribution in [0, 0.1) is 17.7 Å². The van der Waals surface area contributed by atoms with Crippen molar-refractivity contribution in [1.82, 2.24) is 4.90 Å². The molecule has 3 aliphatic carbocycles. The van der Waals surface area contributed by atoms with Gasteiger partial charge in [0, 0.05) is 5.56 Å². The van der Waals surface area contributed by atoms with Gasteiger partial charge in [0.05, 0.1) is 11.8 Å². The quantitative estimate of drug-likeness (QED) is 0.201. The van der Waals surface area contributed by atoms with Crippen LogP contribution >= 0.6 is 23.2 Å². The van der Waals surface area contributed by atoms with E-state index in [9.17, 15) is 23.6 Å². The van der Waals surface area contributed by atoms with Crippen molar-refractivity contribution >= 4 is 46.8 Å². The summed E-state index contributed by atoms with van der Waals surface area (Å²) >= 11 is 14.7. The summed E-state index contributed by atoms with van der Waals surface area (Å²) in [6.07, 6.45) is 0. The molecule has 0 unspecified atom stereocenters. The number of hydrogen-bond donors (Lipinski definition) is 0. The van der Waals surface area contributed by atoms with Crippen LogP contribution in [0.15, 0.2) is 72.8 Å². The van der Waals surface area contributed by atoms with Crippen LogP contribution in [0.25, 0.3) is 0 Å². The lowest BCUT2D eigenvalue weighted by Crippen LogP contribution is -2.57. The van der Waals surface area contributed by atoms with Crippen LogP contribution in [0.1, 0.15) is 39.5 Å². The third kappa shape index (κ3) is 3.12. The number of nitrogens with zero attached hydrogens (tertiary/aromatic N) is 1. The zero-order valence-electron chi connectivity index (χ0n) is 20.0. The number of ketones is 1. The van der Waals surface area contributed by atoms with Gasteiger partial charge in [-0.25, -0.2) is 9.18 Å². The Morgan fingerprint density at radius 1 is 0.842 bits per heavy atom. The second-order valence-corrected chi connectivity index (χ2v) is 10.9. The third-order valence-corrected chi connectivity index (χ3v) is 9.14. The molecule has 7 rings (SSSR count). The Kier molecular flexibility index (Phi) is 5.53. The molecule has 1 heterocycles. The molecule has 0 spiro atoms. The van der Waals surface area contributed by atoms with Gasteiger partial charge in [-0.1, -0.05) is 48.5 Å². The normalized spacial score (nSPS) is 27.4. The van der Waals surface area contributed by atoms with E-state index in [-0.39, 0.29) is 5.56 Å². The monoisotopic (exact) mass is 551 g/mol. The highest BCUT2D eigenvalue weighted by atomic mass is 35.5. The Hall–Kier alpha value is -3.55. The number of Topliss-reactive ketones (excluding diaryl/α,β-unsaturated/α-hetero) is 1. The van der Waals surface area contributed by atoms with Crippen LogP contribution in [0.5, 0.6) is 0 Å². The Morgan fingerprint density at radius 2 is 1.26 bits per heavy atom. The Labute approximate surface area is 227 Å². The minimum atomic E-state index is -1.36. The molecule has 2 amide bonds. The summed E-state index contributed by atoms with van der Waals surface area (Å²) in [5.74, 6) is -5.34. The van der Waals surface area contributed by atoms with Gasteiger partial charge < -0.3 is 4.74 Å². The number of ether oxygens (including phenoxy) is 1. The van der Waals surface area contributed by atoms with Crippen molar-refractivity contribution in [2.45, 2.75) is 22.7 Å². The number of alkyl halides is 2. The van der Waals surface area contributed by atoms with Gasteiger partial charge in [0.2, 0.25) is 11.8 Å². The van der Waals surface area contributed by atoms with Crippen molar-refractivity contribution < 1.29 is 28.3 Å². The second kappa shape index (κ2) is 8.48. The molecular weight excluding hydrogens is 532 g/mol. The SMILES string of the molecule is C[C@@H](C(=O)OCC(=O)c1ccc(F)cc1)N1C(=O)[C@@H]2[C@H](C1=O)C1(Cl)c3ccccc3C2(Cl)c2ccccc21. The number of likely N-dealkylation sites (tertiary alicyclic amines) is 1. The van der Waals surface area contributed by atoms with Gasteiger partial charge in [-0.05, 0) is 53.4 Å². The van der Waals surface area contributed by atoms with Gasteiger partial charge in [-0.15, -0.1) is 23.2 Å². The topological polar surface area (TPSA) is 80.8 Å². The van der Waals surface area contributed by atoms with E-state index in [1.165, 1.54) is 19.1 Å². The largest absolute Gasteiger partial charge is 0.456 e. The Balaban J connectivity index is 1.33. The third-order valence-electron chi connectivity index (χ3n) is 7.86. The van der Waals surface area contributed by atoms with E-state index in [2.05, 4.69) is 0 Å². The lowest BCUT2D eigenvalue weighted by atomic mass is 9.54. The summed E-state index contributed by atoms with van der Waals surface area (Å²) in [5.41, 5.74) is 2.77. The summed E-state index contributed by atoms with van der Waals surface area (Å²) in [6.45, 7) is 0.732. The number of imide groups is 1. The minimum Gasteiger partial charge on any atom is -0.456 e. The molecule has 0 aromatic heterocycles. The maximum Gasteiger partial charge on any atom is 0.329 e. The predicted octanol–water partition coefficient (Wildman–Crippen LogP) is 4.53. The van der Waals surface area contributed by atoms with Gasteiger partial charge in [-0.2, -0.15) is 0 Å². The number of carbonyl (C=O) groups excluding carboxylic acids is 4. The van der Waals surface area contributed by atoms with Crippen molar-refractivity contribution in [3.8, 4) is 0 Å². The second-order valence-electron chi connectivity index (χ2n) is 9.73. The lowest BCUT2D eigenvalue weighted by molar-refractivity contribution is -0.157. The van der Waals surface area contributed by atoms with Gasteiger partial charge in [0.15, 0.2) is 12.4 Å². The summed E-state index contributed by atoms with van der Waals surface area (Å²) in [7, 11) is 0. The van der Waals surface area contributed by atoms with E-state index in [1.54, 1.807) is 24.3 Å². The first-order valence-electron chi connectivity index (χ1n) is 12.0.